The number of hydrogen-bond donors (Lipinski definition) is 2. The molecule has 0 aliphatic rings. The van der Waals surface area contributed by atoms with Crippen LogP contribution in [-0.2, 0) is 11.2 Å². The minimum absolute atomic E-state index is 0.107. The van der Waals surface area contributed by atoms with Crippen LogP contribution < -0.4 is 11.1 Å². The van der Waals surface area contributed by atoms with E-state index in [1.54, 1.807) is 0 Å². The van der Waals surface area contributed by atoms with Crippen molar-refractivity contribution in [2.24, 2.45) is 5.73 Å². The van der Waals surface area contributed by atoms with Crippen molar-refractivity contribution in [3.05, 3.63) is 82.6 Å². The first-order valence-corrected chi connectivity index (χ1v) is 10.5. The molecule has 3 N–H and O–H groups in total. The fourth-order valence-corrected chi connectivity index (χ4v) is 3.90. The summed E-state index contributed by atoms with van der Waals surface area (Å²) in [6.07, 6.45) is 2.64. The van der Waals surface area contributed by atoms with Gasteiger partial charge in [-0.15, -0.1) is 0 Å². The number of anilines is 1. The highest BCUT2D eigenvalue weighted by molar-refractivity contribution is 6.30. The summed E-state index contributed by atoms with van der Waals surface area (Å²) in [5, 5.41) is 9.73. The summed E-state index contributed by atoms with van der Waals surface area (Å²) >= 11 is 6.36. The number of aromatic nitrogens is 3. The number of aryl methyl sites for hydroxylation is 2. The molecule has 2 aromatic heterocycles. The zero-order valence-electron chi connectivity index (χ0n) is 17.5. The summed E-state index contributed by atoms with van der Waals surface area (Å²) < 4.78 is 1.87. The van der Waals surface area contributed by atoms with Gasteiger partial charge in [0.05, 0.1) is 16.9 Å². The smallest absolute Gasteiger partial charge is 0.217 e. The van der Waals surface area contributed by atoms with Crippen molar-refractivity contribution in [3.8, 4) is 5.69 Å². The highest BCUT2D eigenvalue weighted by Gasteiger charge is 2.14. The Morgan fingerprint density at radius 3 is 2.71 bits per heavy atom. The van der Waals surface area contributed by atoms with E-state index in [0.29, 0.717) is 11.4 Å². The molecule has 4 rings (SSSR count). The average molecular weight is 434 g/mol. The second-order valence-corrected chi connectivity index (χ2v) is 8.08. The third-order valence-corrected chi connectivity index (χ3v) is 5.48. The number of amides is 1. The van der Waals surface area contributed by atoms with Gasteiger partial charge in [-0.25, -0.2) is 9.67 Å². The molecule has 4 aromatic rings. The van der Waals surface area contributed by atoms with E-state index >= 15 is 0 Å². The van der Waals surface area contributed by atoms with Crippen molar-refractivity contribution in [2.45, 2.75) is 32.7 Å². The SMILES string of the molecule is Cc1nn(-c2cc(Cl)cc(CCC(N)=O)c2)c2cc(N[C@@H](C)c3ccccc3)ncc12. The Bertz CT molecular complexity index is 1240. The number of primary amides is 1. The molecule has 0 fully saturated rings. The van der Waals surface area contributed by atoms with Crippen LogP contribution in [0.25, 0.3) is 16.6 Å². The van der Waals surface area contributed by atoms with Gasteiger partial charge >= 0.3 is 0 Å². The lowest BCUT2D eigenvalue weighted by Crippen LogP contribution is -2.11. The van der Waals surface area contributed by atoms with E-state index in [4.69, 9.17) is 22.4 Å². The molecule has 2 aromatic carbocycles. The Kier molecular flexibility index (Phi) is 5.91. The molecule has 1 atom stereocenters. The second kappa shape index (κ2) is 8.78. The first-order chi connectivity index (χ1) is 14.9. The van der Waals surface area contributed by atoms with E-state index in [1.165, 1.54) is 5.56 Å². The molecule has 7 heteroatoms. The normalized spacial score (nSPS) is 12.1. The molecule has 0 aliphatic carbocycles. The lowest BCUT2D eigenvalue weighted by molar-refractivity contribution is -0.117. The number of rotatable bonds is 7. The Balaban J connectivity index is 1.70. The molecule has 158 valence electrons. The van der Waals surface area contributed by atoms with Gasteiger partial charge < -0.3 is 11.1 Å². The van der Waals surface area contributed by atoms with E-state index < -0.39 is 0 Å². The van der Waals surface area contributed by atoms with Crippen molar-refractivity contribution in [2.75, 3.05) is 5.32 Å². The molecule has 0 aliphatic heterocycles. The van der Waals surface area contributed by atoms with Crippen molar-refractivity contribution >= 4 is 34.2 Å². The van der Waals surface area contributed by atoms with Gasteiger partial charge in [0, 0.05) is 35.1 Å². The quantitative estimate of drug-likeness (QED) is 0.430. The molecule has 1 amide bonds. The molecule has 0 saturated carbocycles. The largest absolute Gasteiger partial charge is 0.370 e. The number of pyridine rings is 1. The maximum Gasteiger partial charge on any atom is 0.217 e. The Morgan fingerprint density at radius 1 is 1.19 bits per heavy atom. The minimum Gasteiger partial charge on any atom is -0.370 e. The Hall–Kier alpha value is -3.38. The van der Waals surface area contributed by atoms with E-state index in [0.717, 1.165) is 33.7 Å². The van der Waals surface area contributed by atoms with Crippen molar-refractivity contribution in [1.82, 2.24) is 14.8 Å². The van der Waals surface area contributed by atoms with E-state index in [2.05, 4.69) is 29.4 Å². The summed E-state index contributed by atoms with van der Waals surface area (Å²) in [5.41, 5.74) is 10.1. The van der Waals surface area contributed by atoms with E-state index in [1.807, 2.05) is 60.3 Å². The van der Waals surface area contributed by atoms with Crippen LogP contribution >= 0.6 is 11.6 Å². The summed E-state index contributed by atoms with van der Waals surface area (Å²) in [4.78, 5) is 15.8. The summed E-state index contributed by atoms with van der Waals surface area (Å²) in [6, 6.07) is 18.0. The van der Waals surface area contributed by atoms with Crippen molar-refractivity contribution in [1.29, 1.82) is 0 Å². The minimum atomic E-state index is -0.337. The van der Waals surface area contributed by atoms with Crippen LogP contribution in [0.1, 0.15) is 36.2 Å². The summed E-state index contributed by atoms with van der Waals surface area (Å²) in [7, 11) is 0. The lowest BCUT2D eigenvalue weighted by atomic mass is 10.1. The number of nitrogens with one attached hydrogen (secondary N) is 1. The molecule has 6 nitrogen and oxygen atoms in total. The number of carbonyl (C=O) groups excluding carboxylic acids is 1. The zero-order chi connectivity index (χ0) is 22.0. The van der Waals surface area contributed by atoms with Crippen LogP contribution in [0.15, 0.2) is 60.8 Å². The zero-order valence-corrected chi connectivity index (χ0v) is 18.2. The van der Waals surface area contributed by atoms with Crippen LogP contribution in [0.3, 0.4) is 0 Å². The number of fused-ring (bicyclic) bond motifs is 1. The fraction of sp³-hybridized carbons (Fsp3) is 0.208. The number of carbonyl (C=O) groups is 1. The van der Waals surface area contributed by atoms with E-state index in [-0.39, 0.29) is 18.4 Å². The van der Waals surface area contributed by atoms with Gasteiger partial charge in [-0.2, -0.15) is 5.10 Å². The number of nitrogens with two attached hydrogens (primary N) is 1. The third-order valence-electron chi connectivity index (χ3n) is 5.26. The Labute approximate surface area is 186 Å². The van der Waals surface area contributed by atoms with Crippen molar-refractivity contribution < 1.29 is 4.79 Å². The maximum absolute atomic E-state index is 11.2. The van der Waals surface area contributed by atoms with Gasteiger partial charge in [0.25, 0.3) is 0 Å². The molecule has 2 heterocycles. The summed E-state index contributed by atoms with van der Waals surface area (Å²) in [6.45, 7) is 4.06. The first kappa shape index (κ1) is 20.9. The second-order valence-electron chi connectivity index (χ2n) is 7.64. The van der Waals surface area contributed by atoms with Gasteiger partial charge in [-0.05, 0) is 49.6 Å². The molecular formula is C24H24ClN5O. The monoisotopic (exact) mass is 433 g/mol. The number of halogens is 1. The summed E-state index contributed by atoms with van der Waals surface area (Å²) in [5.74, 6) is 0.428. The van der Waals surface area contributed by atoms with Gasteiger partial charge in [-0.1, -0.05) is 41.9 Å². The van der Waals surface area contributed by atoms with Gasteiger partial charge in [0.15, 0.2) is 0 Å². The van der Waals surface area contributed by atoms with Crippen molar-refractivity contribution in [3.63, 3.8) is 0 Å². The van der Waals surface area contributed by atoms with Crippen LogP contribution in [-0.4, -0.2) is 20.7 Å². The standard InChI is InChI=1S/C24H24ClN5O/c1-15(18-6-4-3-5-7-18)28-24-13-22-21(14-27-24)16(2)29-30(22)20-11-17(8-9-23(26)31)10-19(25)12-20/h3-7,10-15H,8-9H2,1-2H3,(H2,26,31)(H,27,28)/t15-/m0/s1. The predicted molar refractivity (Wildman–Crippen MR) is 125 cm³/mol. The fourth-order valence-electron chi connectivity index (χ4n) is 3.65. The number of hydrogen-bond acceptors (Lipinski definition) is 4. The lowest BCUT2D eigenvalue weighted by Gasteiger charge is -2.15. The number of benzene rings is 2. The first-order valence-electron chi connectivity index (χ1n) is 10.2. The van der Waals surface area contributed by atoms with Crippen LogP contribution in [0.4, 0.5) is 5.82 Å². The average Bonchev–Trinajstić information content (AvgIpc) is 3.08. The van der Waals surface area contributed by atoms with Gasteiger partial charge in [-0.3, -0.25) is 4.79 Å². The molecule has 0 spiro atoms. The van der Waals surface area contributed by atoms with Gasteiger partial charge in [0.1, 0.15) is 5.82 Å². The molecule has 0 radical (unpaired) electrons. The van der Waals surface area contributed by atoms with Crippen LogP contribution in [0.2, 0.25) is 5.02 Å². The molecular weight excluding hydrogens is 410 g/mol. The topological polar surface area (TPSA) is 85.8 Å². The van der Waals surface area contributed by atoms with Crippen LogP contribution in [0.5, 0.6) is 0 Å². The van der Waals surface area contributed by atoms with Gasteiger partial charge in [0.2, 0.25) is 5.91 Å². The third kappa shape index (κ3) is 4.70. The molecule has 31 heavy (non-hydrogen) atoms. The maximum atomic E-state index is 11.2. The number of nitrogens with zero attached hydrogens (tertiary/aromatic N) is 3. The molecule has 0 bridgehead atoms. The highest BCUT2D eigenvalue weighted by Crippen LogP contribution is 2.27. The Morgan fingerprint density at radius 2 is 1.97 bits per heavy atom. The van der Waals surface area contributed by atoms with Crippen LogP contribution in [0, 0.1) is 6.92 Å². The molecule has 0 unspecified atom stereocenters. The van der Waals surface area contributed by atoms with E-state index in [9.17, 15) is 4.79 Å². The predicted octanol–water partition coefficient (Wildman–Crippen LogP) is 4.97. The highest BCUT2D eigenvalue weighted by atomic mass is 35.5. The molecule has 0 saturated heterocycles.